The number of anilines is 2. The molecule has 178 valence electrons. The highest BCUT2D eigenvalue weighted by atomic mass is 16.5. The molecule has 0 bridgehead atoms. The summed E-state index contributed by atoms with van der Waals surface area (Å²) in [6, 6.07) is 7.81. The molecule has 1 aromatic heterocycles. The van der Waals surface area contributed by atoms with Gasteiger partial charge in [-0.2, -0.15) is 0 Å². The number of hydrogen-bond donors (Lipinski definition) is 3. The van der Waals surface area contributed by atoms with Gasteiger partial charge in [-0.1, -0.05) is 12.1 Å². The highest BCUT2D eigenvalue weighted by Crippen LogP contribution is 2.56. The lowest BCUT2D eigenvalue weighted by molar-refractivity contribution is -0.158. The number of benzene rings is 1. The fourth-order valence-corrected chi connectivity index (χ4v) is 6.25. The number of hydrogen-bond acceptors (Lipinski definition) is 7. The number of fused-ring (bicyclic) bond motifs is 2. The first kappa shape index (κ1) is 22.1. The zero-order chi connectivity index (χ0) is 24.0. The second-order valence-corrected chi connectivity index (χ2v) is 9.24. The maximum absolute atomic E-state index is 13.1. The summed E-state index contributed by atoms with van der Waals surface area (Å²) in [5, 5.41) is 18.9. The van der Waals surface area contributed by atoms with Crippen molar-refractivity contribution >= 4 is 29.4 Å². The lowest BCUT2D eigenvalue weighted by atomic mass is 9.80. The molecule has 34 heavy (non-hydrogen) atoms. The van der Waals surface area contributed by atoms with Crippen LogP contribution in [0.2, 0.25) is 0 Å². The average Bonchev–Trinajstić information content (AvgIpc) is 3.34. The van der Waals surface area contributed by atoms with Crippen molar-refractivity contribution in [3.63, 3.8) is 0 Å². The number of aromatic nitrogens is 2. The lowest BCUT2D eigenvalue weighted by Gasteiger charge is -2.24. The van der Waals surface area contributed by atoms with Crippen molar-refractivity contribution in [1.29, 1.82) is 0 Å². The molecule has 2 saturated carbocycles. The van der Waals surface area contributed by atoms with Gasteiger partial charge in [0.15, 0.2) is 5.92 Å². The zero-order valence-corrected chi connectivity index (χ0v) is 18.5. The highest BCUT2D eigenvalue weighted by Gasteiger charge is 2.51. The predicted molar refractivity (Wildman–Crippen MR) is 120 cm³/mol. The minimum Gasteiger partial charge on any atom is -0.481 e. The third-order valence-corrected chi connectivity index (χ3v) is 7.71. The third-order valence-electron chi connectivity index (χ3n) is 7.71. The van der Waals surface area contributed by atoms with Crippen molar-refractivity contribution in [3.05, 3.63) is 41.7 Å². The van der Waals surface area contributed by atoms with E-state index in [0.29, 0.717) is 18.7 Å². The molecule has 10 nitrogen and oxygen atoms in total. The number of nitrogens with zero attached hydrogens (tertiary/aromatic N) is 3. The summed E-state index contributed by atoms with van der Waals surface area (Å²) in [5.74, 6) is -3.59. The van der Waals surface area contributed by atoms with Gasteiger partial charge < -0.3 is 25.6 Å². The number of rotatable bonds is 5. The van der Waals surface area contributed by atoms with Gasteiger partial charge in [-0.25, -0.2) is 9.97 Å². The van der Waals surface area contributed by atoms with E-state index in [1.54, 1.807) is 4.90 Å². The molecule has 2 aliphatic carbocycles. The number of carbonyl (C=O) groups is 3. The van der Waals surface area contributed by atoms with Gasteiger partial charge in [0, 0.05) is 5.69 Å². The average molecular weight is 466 g/mol. The van der Waals surface area contributed by atoms with E-state index in [9.17, 15) is 24.6 Å². The number of nitrogens with two attached hydrogens (primary N) is 1. The van der Waals surface area contributed by atoms with E-state index < -0.39 is 17.9 Å². The van der Waals surface area contributed by atoms with E-state index in [4.69, 9.17) is 10.5 Å². The van der Waals surface area contributed by atoms with Crippen LogP contribution >= 0.6 is 0 Å². The minimum atomic E-state index is -1.34. The Kier molecular flexibility index (Phi) is 5.59. The van der Waals surface area contributed by atoms with Crippen molar-refractivity contribution in [2.24, 2.45) is 23.7 Å². The summed E-state index contributed by atoms with van der Waals surface area (Å²) >= 11 is 0. The van der Waals surface area contributed by atoms with Crippen molar-refractivity contribution in [3.8, 4) is 5.88 Å². The summed E-state index contributed by atoms with van der Waals surface area (Å²) in [4.78, 5) is 45.8. The quantitative estimate of drug-likeness (QED) is 0.563. The molecule has 5 rings (SSSR count). The van der Waals surface area contributed by atoms with Crippen LogP contribution in [-0.4, -0.2) is 51.2 Å². The van der Waals surface area contributed by atoms with Gasteiger partial charge in [0.1, 0.15) is 24.3 Å². The largest absolute Gasteiger partial charge is 0.481 e. The Bertz CT molecular complexity index is 1120. The standard InChI is InChI=1S/C24H26N4O6/c25-20-19-21(27-11-26-20)34-10-9-28(22(19)29)13-3-1-12(2-4-13)14-5-6-16-15(14)7-8-17(16)18(23(30)31)24(32)33/h1-4,11,14-18H,5-10H2,(H,30,31)(H,32,33)(H2,25,26,27)/t14-,15+,16-,17+/m0/s1. The van der Waals surface area contributed by atoms with Crippen molar-refractivity contribution in [2.45, 2.75) is 31.6 Å². The van der Waals surface area contributed by atoms with Crippen molar-refractivity contribution in [2.75, 3.05) is 23.8 Å². The normalized spacial score (nSPS) is 26.0. The van der Waals surface area contributed by atoms with Gasteiger partial charge in [-0.15, -0.1) is 0 Å². The van der Waals surface area contributed by atoms with Gasteiger partial charge in [0.05, 0.1) is 6.54 Å². The molecular weight excluding hydrogens is 440 g/mol. The van der Waals surface area contributed by atoms with E-state index in [0.717, 1.165) is 24.8 Å². The topological polar surface area (TPSA) is 156 Å². The number of ether oxygens (including phenoxy) is 1. The van der Waals surface area contributed by atoms with Gasteiger partial charge in [-0.3, -0.25) is 14.4 Å². The SMILES string of the molecule is Nc1ncnc2c1C(=O)N(c1ccc([C@@H]3CC[C@H]4[C@@H]3CC[C@H]4C(C(=O)O)C(=O)O)cc1)CCO2. The molecular formula is C24H26N4O6. The zero-order valence-electron chi connectivity index (χ0n) is 18.5. The molecule has 2 fully saturated rings. The molecule has 1 amide bonds. The van der Waals surface area contributed by atoms with E-state index in [1.165, 1.54) is 6.33 Å². The summed E-state index contributed by atoms with van der Waals surface area (Å²) in [7, 11) is 0. The lowest BCUT2D eigenvalue weighted by Crippen LogP contribution is -2.33. The number of carboxylic acids is 2. The third kappa shape index (κ3) is 3.63. The second-order valence-electron chi connectivity index (χ2n) is 9.24. The molecule has 10 heteroatoms. The predicted octanol–water partition coefficient (Wildman–Crippen LogP) is 2.40. The van der Waals surface area contributed by atoms with Crippen LogP contribution in [0.3, 0.4) is 0 Å². The molecule has 0 spiro atoms. The summed E-state index contributed by atoms with van der Waals surface area (Å²) < 4.78 is 5.59. The molecule has 1 aliphatic heterocycles. The Morgan fingerprint density at radius 2 is 1.74 bits per heavy atom. The van der Waals surface area contributed by atoms with Crippen LogP contribution in [0.25, 0.3) is 0 Å². The summed E-state index contributed by atoms with van der Waals surface area (Å²) in [5.41, 5.74) is 7.91. The van der Waals surface area contributed by atoms with Gasteiger partial charge in [0.25, 0.3) is 5.91 Å². The fourth-order valence-electron chi connectivity index (χ4n) is 6.25. The molecule has 0 unspecified atom stereocenters. The molecule has 2 heterocycles. The highest BCUT2D eigenvalue weighted by molar-refractivity contribution is 6.10. The number of carboxylic acid groups (broad SMARTS) is 2. The molecule has 2 aromatic rings. The molecule has 1 aromatic carbocycles. The summed E-state index contributed by atoms with van der Waals surface area (Å²) in [6.45, 7) is 0.620. The molecule has 4 atom stereocenters. The van der Waals surface area contributed by atoms with Crippen LogP contribution in [0, 0.1) is 23.7 Å². The molecule has 3 aliphatic rings. The van der Waals surface area contributed by atoms with Gasteiger partial charge in [-0.05, 0) is 67.1 Å². The van der Waals surface area contributed by atoms with Crippen molar-refractivity contribution in [1.82, 2.24) is 9.97 Å². The van der Waals surface area contributed by atoms with Gasteiger partial charge >= 0.3 is 11.9 Å². The Balaban J connectivity index is 1.35. The first-order chi connectivity index (χ1) is 16.4. The van der Waals surface area contributed by atoms with E-state index in [2.05, 4.69) is 9.97 Å². The Labute approximate surface area is 195 Å². The smallest absolute Gasteiger partial charge is 0.318 e. The van der Waals surface area contributed by atoms with E-state index >= 15 is 0 Å². The van der Waals surface area contributed by atoms with Crippen molar-refractivity contribution < 1.29 is 29.3 Å². The Morgan fingerprint density at radius 3 is 2.44 bits per heavy atom. The van der Waals surface area contributed by atoms with Crippen LogP contribution in [0.4, 0.5) is 11.5 Å². The van der Waals surface area contributed by atoms with Crippen LogP contribution in [0.5, 0.6) is 5.88 Å². The number of aliphatic carboxylic acids is 2. The Hall–Kier alpha value is -3.69. The fraction of sp³-hybridized carbons (Fsp3) is 0.458. The van der Waals surface area contributed by atoms with E-state index in [1.807, 2.05) is 24.3 Å². The molecule has 0 radical (unpaired) electrons. The number of amides is 1. The first-order valence-corrected chi connectivity index (χ1v) is 11.5. The van der Waals surface area contributed by atoms with Crippen LogP contribution in [-0.2, 0) is 9.59 Å². The second kappa shape index (κ2) is 8.58. The van der Waals surface area contributed by atoms with Gasteiger partial charge in [0.2, 0.25) is 5.88 Å². The van der Waals surface area contributed by atoms with E-state index in [-0.39, 0.29) is 53.4 Å². The van der Waals surface area contributed by atoms with Crippen LogP contribution in [0.1, 0.15) is 47.5 Å². The number of carbonyl (C=O) groups excluding carboxylic acids is 1. The van der Waals surface area contributed by atoms with Crippen LogP contribution < -0.4 is 15.4 Å². The maximum Gasteiger partial charge on any atom is 0.318 e. The molecule has 0 saturated heterocycles. The number of nitrogen functional groups attached to an aromatic ring is 1. The van der Waals surface area contributed by atoms with Crippen LogP contribution in [0.15, 0.2) is 30.6 Å². The minimum absolute atomic E-state index is 0.0762. The molecule has 4 N–H and O–H groups in total. The first-order valence-electron chi connectivity index (χ1n) is 11.5. The monoisotopic (exact) mass is 466 g/mol. The summed E-state index contributed by atoms with van der Waals surface area (Å²) in [6.07, 6.45) is 4.45. The maximum atomic E-state index is 13.1. The Morgan fingerprint density at radius 1 is 1.03 bits per heavy atom.